The molecule has 0 aliphatic heterocycles. The fourth-order valence-electron chi connectivity index (χ4n) is 25.0. The molecule has 6 heteroatoms. The summed E-state index contributed by atoms with van der Waals surface area (Å²) in [4.78, 5) is 0. The maximum Gasteiger partial charge on any atom is 0.0625 e. The van der Waals surface area contributed by atoms with Gasteiger partial charge >= 0.3 is 0 Å². The van der Waals surface area contributed by atoms with E-state index in [1.165, 1.54) is 294 Å². The van der Waals surface area contributed by atoms with Gasteiger partial charge in [0.2, 0.25) is 0 Å². The van der Waals surface area contributed by atoms with Crippen LogP contribution in [0.15, 0.2) is 510 Å². The molecule has 33 aromatic rings. The molecule has 6 aromatic heterocycles. The highest BCUT2D eigenvalue weighted by atomic mass is 15.0. The Kier molecular flexibility index (Phi) is 21.2. The van der Waals surface area contributed by atoms with E-state index in [2.05, 4.69) is 579 Å². The molecule has 0 unspecified atom stereocenters. The van der Waals surface area contributed by atoms with Gasteiger partial charge in [0.1, 0.15) is 0 Å². The number of rotatable bonds is 3. The van der Waals surface area contributed by atoms with Gasteiger partial charge in [0.15, 0.2) is 0 Å². The maximum atomic E-state index is 2.44. The van der Waals surface area contributed by atoms with E-state index in [1.807, 2.05) is 0 Å². The Morgan fingerprint density at radius 3 is 0.833 bits per heavy atom. The number of benzene rings is 27. The number of aryl methyl sites for hydroxylation is 6. The van der Waals surface area contributed by atoms with Gasteiger partial charge in [-0.2, -0.15) is 0 Å². The summed E-state index contributed by atoms with van der Waals surface area (Å²) in [5.41, 5.74) is 22.9. The van der Waals surface area contributed by atoms with Gasteiger partial charge in [-0.15, -0.1) is 0 Å². The van der Waals surface area contributed by atoms with Gasteiger partial charge in [0.25, 0.3) is 0 Å². The lowest BCUT2D eigenvalue weighted by molar-refractivity contribution is 1.02. The van der Waals surface area contributed by atoms with Crippen LogP contribution >= 0.6 is 0 Å². The second-order valence-corrected chi connectivity index (χ2v) is 40.4. The molecule has 27 aromatic carbocycles. The third-order valence-electron chi connectivity index (χ3n) is 31.8. The SMILES string of the molecule is Cc1cccc(-n2c3ccccc3c3c4ccccc4c4ccccc4c32)c1.Cc1cccc(-n2c3ccccc3c3cc4c(ccc5ccccc54)cc32)c1.Cc1cccc(-n2c3ccccc3c3ccc4c5ccccc5ccc4c32)c1.Cn1c2ccccc2c2c3ccccc3c3ccccc3c21.Cn1c2ccccc2c2cc3c(ccc4ccccc43)cc21.Cn1c2ccccc2c2ccc3c4ccccc4ccc3c21. The number of hydrogen-bond acceptors (Lipinski definition) is 0. The molecule has 0 bridgehead atoms. The lowest BCUT2D eigenvalue weighted by Crippen LogP contribution is -1.95. The number of para-hydroxylation sites is 6. The summed E-state index contributed by atoms with van der Waals surface area (Å²) in [6.45, 7) is 6.47. The Bertz CT molecular complexity index is 11400. The van der Waals surface area contributed by atoms with Crippen LogP contribution in [0.1, 0.15) is 16.7 Å². The van der Waals surface area contributed by atoms with Crippen LogP contribution in [-0.4, -0.2) is 27.4 Å². The first-order valence-corrected chi connectivity index (χ1v) is 52.0. The van der Waals surface area contributed by atoms with Crippen molar-refractivity contribution < 1.29 is 0 Å². The van der Waals surface area contributed by atoms with Gasteiger partial charge in [-0.25, -0.2) is 0 Å². The fourth-order valence-corrected chi connectivity index (χ4v) is 25.0. The first-order chi connectivity index (χ1) is 74.0. The van der Waals surface area contributed by atoms with Crippen LogP contribution in [0, 0.1) is 20.8 Å². The summed E-state index contributed by atoms with van der Waals surface area (Å²) >= 11 is 0. The van der Waals surface area contributed by atoms with E-state index in [9.17, 15) is 0 Å². The minimum Gasteiger partial charge on any atom is -0.344 e. The van der Waals surface area contributed by atoms with Gasteiger partial charge in [-0.3, -0.25) is 0 Å². The van der Waals surface area contributed by atoms with Crippen molar-refractivity contribution in [2.75, 3.05) is 0 Å². The molecular formula is C144H102N6. The number of nitrogens with zero attached hydrogens (tertiary/aromatic N) is 6. The van der Waals surface area contributed by atoms with Crippen LogP contribution in [-0.2, 0) is 21.1 Å². The molecule has 0 saturated heterocycles. The molecule has 6 heterocycles. The molecule has 0 spiro atoms. The smallest absolute Gasteiger partial charge is 0.0625 e. The van der Waals surface area contributed by atoms with Crippen LogP contribution in [0.5, 0.6) is 0 Å². The molecule has 0 fully saturated rings. The molecule has 150 heavy (non-hydrogen) atoms. The third-order valence-corrected chi connectivity index (χ3v) is 31.8. The minimum atomic E-state index is 1.21. The molecule has 0 radical (unpaired) electrons. The average molecular weight is 1920 g/mol. The largest absolute Gasteiger partial charge is 0.344 e. The van der Waals surface area contributed by atoms with Gasteiger partial charge in [0.05, 0.1) is 44.1 Å². The lowest BCUT2D eigenvalue weighted by atomic mass is 9.97. The van der Waals surface area contributed by atoms with Crippen molar-refractivity contribution >= 4 is 260 Å². The highest BCUT2D eigenvalue weighted by molar-refractivity contribution is 6.35. The molecule has 0 N–H and O–H groups in total. The molecule has 0 aliphatic carbocycles. The number of hydrogen-bond donors (Lipinski definition) is 0. The highest BCUT2D eigenvalue weighted by Crippen LogP contribution is 2.48. The molecule has 0 aliphatic rings. The van der Waals surface area contributed by atoms with Crippen molar-refractivity contribution in [1.82, 2.24) is 27.4 Å². The molecular weight excluding hydrogens is 1810 g/mol. The normalized spacial score (nSPS) is 11.8. The zero-order chi connectivity index (χ0) is 100. The van der Waals surface area contributed by atoms with E-state index in [0.29, 0.717) is 0 Å². The summed E-state index contributed by atoms with van der Waals surface area (Å²) in [6, 6.07) is 185. The Morgan fingerprint density at radius 1 is 0.120 bits per heavy atom. The Hall–Kier alpha value is -19.1. The molecule has 0 amide bonds. The minimum absolute atomic E-state index is 1.21. The predicted octanol–water partition coefficient (Wildman–Crippen LogP) is 39.1. The van der Waals surface area contributed by atoms with E-state index in [0.717, 1.165) is 0 Å². The third kappa shape index (κ3) is 14.4. The molecule has 6 nitrogen and oxygen atoms in total. The Morgan fingerprint density at radius 2 is 0.367 bits per heavy atom. The van der Waals surface area contributed by atoms with Crippen molar-refractivity contribution in [3.05, 3.63) is 526 Å². The fraction of sp³-hybridized carbons (Fsp3) is 0.0417. The average Bonchev–Trinajstić information content (AvgIpc) is 1.54. The summed E-state index contributed by atoms with van der Waals surface area (Å²) < 4.78 is 14.2. The summed E-state index contributed by atoms with van der Waals surface area (Å²) in [5.74, 6) is 0. The van der Waals surface area contributed by atoms with Crippen LogP contribution in [0.4, 0.5) is 0 Å². The van der Waals surface area contributed by atoms with Crippen molar-refractivity contribution in [3.63, 3.8) is 0 Å². The second-order valence-electron chi connectivity index (χ2n) is 40.4. The van der Waals surface area contributed by atoms with E-state index in [-0.39, 0.29) is 0 Å². The van der Waals surface area contributed by atoms with Crippen LogP contribution < -0.4 is 0 Å². The first kappa shape index (κ1) is 88.6. The summed E-state index contributed by atoms with van der Waals surface area (Å²) in [7, 11) is 6.49. The van der Waals surface area contributed by atoms with Crippen molar-refractivity contribution in [2.45, 2.75) is 20.8 Å². The van der Waals surface area contributed by atoms with Gasteiger partial charge < -0.3 is 27.4 Å². The summed E-state index contributed by atoms with van der Waals surface area (Å²) in [5, 5.41) is 47.4. The van der Waals surface area contributed by atoms with E-state index in [1.54, 1.807) is 0 Å². The molecule has 708 valence electrons. The summed E-state index contributed by atoms with van der Waals surface area (Å²) in [6.07, 6.45) is 0. The van der Waals surface area contributed by atoms with Crippen molar-refractivity contribution in [2.24, 2.45) is 21.1 Å². The number of fused-ring (bicyclic) bond motifs is 42. The first-order valence-electron chi connectivity index (χ1n) is 52.0. The lowest BCUT2D eigenvalue weighted by Gasteiger charge is -2.12. The molecule has 0 saturated carbocycles. The van der Waals surface area contributed by atoms with Crippen molar-refractivity contribution in [1.29, 1.82) is 0 Å². The zero-order valence-electron chi connectivity index (χ0n) is 84.2. The van der Waals surface area contributed by atoms with E-state index >= 15 is 0 Å². The van der Waals surface area contributed by atoms with Crippen LogP contribution in [0.25, 0.3) is 277 Å². The highest BCUT2D eigenvalue weighted by Gasteiger charge is 2.24. The topological polar surface area (TPSA) is 29.6 Å². The monoisotopic (exact) mass is 1910 g/mol. The molecule has 33 rings (SSSR count). The predicted molar refractivity (Wildman–Crippen MR) is 648 cm³/mol. The van der Waals surface area contributed by atoms with Gasteiger partial charge in [-0.1, -0.05) is 413 Å². The number of aromatic nitrogens is 6. The second kappa shape index (κ2) is 36.0. The van der Waals surface area contributed by atoms with Gasteiger partial charge in [0, 0.05) is 146 Å². The standard InChI is InChI=1S/3C27H19N.3C21H15N/c1-18-9-8-10-19(17-18)28-25-16-7-6-15-24(25)26-22-13-4-2-11-20(22)21-12-3-5-14-23(21)27(26)28;1-18-7-6-9-21(15-18)28-26-12-5-4-11-23(26)25-17-24-20(16-27(25)28)14-13-19-8-2-3-10-22(19)24;1-18-7-6-9-20(17-18)28-26-12-5-4-11-23(26)25-16-15-22-21-10-3-2-8-19(21)13-14-24(22)27(25)28;1-22-19-13-7-6-12-18(19)20-16-10-4-2-8-14(16)15-9-3-5-11-17(15)21(20)22;1-22-20-9-5-4-8-17(20)19-13-18-15(12-21(19)22)11-10-14-6-2-3-7-16(14)18;1-22-20-9-5-4-8-17(20)19-13-12-16-15-7-3-2-6-14(15)10-11-18(16)21(19)22/h3*2-17H,1H3;3*2-13H,1H3. The van der Waals surface area contributed by atoms with Crippen molar-refractivity contribution in [3.8, 4) is 17.1 Å². The maximum absolute atomic E-state index is 2.44. The van der Waals surface area contributed by atoms with Crippen LogP contribution in [0.2, 0.25) is 0 Å². The van der Waals surface area contributed by atoms with Crippen LogP contribution in [0.3, 0.4) is 0 Å². The van der Waals surface area contributed by atoms with E-state index < -0.39 is 0 Å². The van der Waals surface area contributed by atoms with Gasteiger partial charge in [-0.05, 0) is 242 Å². The zero-order valence-corrected chi connectivity index (χ0v) is 84.2. The Labute approximate surface area is 866 Å². The molecule has 0 atom stereocenters. The quantitative estimate of drug-likeness (QED) is 0.158. The van der Waals surface area contributed by atoms with E-state index in [4.69, 9.17) is 0 Å². The Balaban J connectivity index is 0.0000000867.